The van der Waals surface area contributed by atoms with E-state index in [1.54, 1.807) is 7.11 Å². The summed E-state index contributed by atoms with van der Waals surface area (Å²) < 4.78 is 11.2. The number of para-hydroxylation sites is 2. The van der Waals surface area contributed by atoms with Gasteiger partial charge in [-0.2, -0.15) is 0 Å². The zero-order valence-electron chi connectivity index (χ0n) is 15.8. The van der Waals surface area contributed by atoms with Crippen molar-refractivity contribution in [1.29, 1.82) is 0 Å². The first kappa shape index (κ1) is 18.5. The largest absolute Gasteiger partial charge is 0.497 e. The molecule has 5 heteroatoms. The first-order valence-electron chi connectivity index (χ1n) is 9.74. The van der Waals surface area contributed by atoms with Crippen molar-refractivity contribution >= 4 is 17.3 Å². The van der Waals surface area contributed by atoms with Crippen molar-refractivity contribution < 1.29 is 9.47 Å². The minimum absolute atomic E-state index is 0.351. The quantitative estimate of drug-likeness (QED) is 0.821. The van der Waals surface area contributed by atoms with Crippen molar-refractivity contribution in [2.24, 2.45) is 5.92 Å². The highest BCUT2D eigenvalue weighted by atomic mass is 35.5. The fourth-order valence-electron chi connectivity index (χ4n) is 4.09. The van der Waals surface area contributed by atoms with Crippen LogP contribution in [0.4, 0.5) is 5.69 Å². The summed E-state index contributed by atoms with van der Waals surface area (Å²) in [5, 5.41) is 4.47. The molecule has 1 unspecified atom stereocenters. The molecule has 2 heterocycles. The maximum absolute atomic E-state index is 6.38. The minimum atomic E-state index is 0.351. The molecule has 4 nitrogen and oxygen atoms in total. The summed E-state index contributed by atoms with van der Waals surface area (Å²) in [7, 11) is 1.70. The van der Waals surface area contributed by atoms with Gasteiger partial charge in [0.15, 0.2) is 0 Å². The molecule has 1 N–H and O–H groups in total. The third-order valence-electron chi connectivity index (χ3n) is 5.63. The molecule has 0 amide bonds. The normalized spacial score (nSPS) is 20.4. The molecule has 0 saturated carbocycles. The molecule has 1 saturated heterocycles. The number of anilines is 1. The van der Waals surface area contributed by atoms with Crippen LogP contribution in [0, 0.1) is 5.92 Å². The number of rotatable bonds is 5. The number of nitrogens with one attached hydrogen (secondary N) is 1. The molecule has 0 spiro atoms. The van der Waals surface area contributed by atoms with Crippen LogP contribution < -0.4 is 14.8 Å². The summed E-state index contributed by atoms with van der Waals surface area (Å²) in [6.07, 6.45) is 3.44. The van der Waals surface area contributed by atoms with Gasteiger partial charge in [-0.05, 0) is 74.2 Å². The lowest BCUT2D eigenvalue weighted by Crippen LogP contribution is -2.45. The van der Waals surface area contributed by atoms with E-state index in [1.165, 1.54) is 18.4 Å². The molecule has 2 aliphatic rings. The van der Waals surface area contributed by atoms with Gasteiger partial charge in [-0.1, -0.05) is 23.7 Å². The first-order chi connectivity index (χ1) is 13.2. The highest BCUT2D eigenvalue weighted by molar-refractivity contribution is 6.31. The van der Waals surface area contributed by atoms with E-state index in [0.29, 0.717) is 12.0 Å². The second-order valence-electron chi connectivity index (χ2n) is 7.55. The zero-order valence-corrected chi connectivity index (χ0v) is 16.5. The molecule has 144 valence electrons. The van der Waals surface area contributed by atoms with Gasteiger partial charge in [0, 0.05) is 11.6 Å². The van der Waals surface area contributed by atoms with Crippen LogP contribution in [0.3, 0.4) is 0 Å². The number of hydrogen-bond acceptors (Lipinski definition) is 4. The van der Waals surface area contributed by atoms with Gasteiger partial charge in [-0.15, -0.1) is 0 Å². The highest BCUT2D eigenvalue weighted by Crippen LogP contribution is 2.30. The molecule has 0 radical (unpaired) electrons. The zero-order chi connectivity index (χ0) is 18.6. The Kier molecular flexibility index (Phi) is 5.74. The summed E-state index contributed by atoms with van der Waals surface area (Å²) >= 11 is 6.38. The molecule has 0 aliphatic carbocycles. The van der Waals surface area contributed by atoms with Gasteiger partial charge < -0.3 is 19.7 Å². The maximum Gasteiger partial charge on any atom is 0.142 e. The minimum Gasteiger partial charge on any atom is -0.497 e. The fourth-order valence-corrected chi connectivity index (χ4v) is 4.29. The third-order valence-corrected chi connectivity index (χ3v) is 6.00. The number of benzene rings is 2. The van der Waals surface area contributed by atoms with Crippen LogP contribution in [0.1, 0.15) is 18.4 Å². The molecule has 4 rings (SSSR count). The molecule has 1 fully saturated rings. The third kappa shape index (κ3) is 4.50. The van der Waals surface area contributed by atoms with Crippen LogP contribution in [-0.2, 0) is 6.42 Å². The Morgan fingerprint density at radius 3 is 2.81 bits per heavy atom. The van der Waals surface area contributed by atoms with Gasteiger partial charge in [0.1, 0.15) is 18.1 Å². The SMILES string of the molecule is COc1ccc(Cl)c(CC2CCN(CC3COc4ccccc4N3)CC2)c1. The number of methoxy groups -OCH3 is 1. The molecular weight excluding hydrogens is 360 g/mol. The molecule has 1 atom stereocenters. The monoisotopic (exact) mass is 386 g/mol. The van der Waals surface area contributed by atoms with E-state index in [0.717, 1.165) is 54.9 Å². The summed E-state index contributed by atoms with van der Waals surface area (Å²) in [5.41, 5.74) is 2.31. The molecule has 0 aromatic heterocycles. The van der Waals surface area contributed by atoms with Gasteiger partial charge in [-0.3, -0.25) is 0 Å². The number of nitrogens with zero attached hydrogens (tertiary/aromatic N) is 1. The highest BCUT2D eigenvalue weighted by Gasteiger charge is 2.25. The van der Waals surface area contributed by atoms with Gasteiger partial charge in [0.25, 0.3) is 0 Å². The van der Waals surface area contributed by atoms with E-state index >= 15 is 0 Å². The number of halogens is 1. The number of likely N-dealkylation sites (tertiary alicyclic amines) is 1. The fraction of sp³-hybridized carbons (Fsp3) is 0.455. The standard InChI is InChI=1S/C22H27ClN2O2/c1-26-19-6-7-20(23)17(13-19)12-16-8-10-25(11-9-16)14-18-15-27-22-5-3-2-4-21(22)24-18/h2-7,13,16,18,24H,8-12,14-15H2,1H3. The average Bonchev–Trinajstić information content (AvgIpc) is 2.71. The molecule has 27 heavy (non-hydrogen) atoms. The number of fused-ring (bicyclic) bond motifs is 1. The molecule has 2 aromatic carbocycles. The Balaban J connectivity index is 1.27. The predicted molar refractivity (Wildman–Crippen MR) is 110 cm³/mol. The van der Waals surface area contributed by atoms with E-state index in [1.807, 2.05) is 30.3 Å². The van der Waals surface area contributed by atoms with E-state index in [9.17, 15) is 0 Å². The van der Waals surface area contributed by atoms with Crippen molar-refractivity contribution in [3.8, 4) is 11.5 Å². The van der Waals surface area contributed by atoms with Gasteiger partial charge in [-0.25, -0.2) is 0 Å². The van der Waals surface area contributed by atoms with E-state index in [2.05, 4.69) is 22.3 Å². The molecule has 2 aromatic rings. The van der Waals surface area contributed by atoms with Crippen LogP contribution in [0.25, 0.3) is 0 Å². The molecule has 2 aliphatic heterocycles. The van der Waals surface area contributed by atoms with Crippen LogP contribution in [-0.4, -0.2) is 44.3 Å². The lowest BCUT2D eigenvalue weighted by atomic mass is 9.90. The number of piperidine rings is 1. The van der Waals surface area contributed by atoms with E-state index < -0.39 is 0 Å². The lowest BCUT2D eigenvalue weighted by Gasteiger charge is -2.36. The van der Waals surface area contributed by atoms with Gasteiger partial charge >= 0.3 is 0 Å². The van der Waals surface area contributed by atoms with E-state index in [-0.39, 0.29) is 0 Å². The van der Waals surface area contributed by atoms with Crippen molar-refractivity contribution in [2.75, 3.05) is 38.7 Å². The average molecular weight is 387 g/mol. The topological polar surface area (TPSA) is 33.7 Å². The van der Waals surface area contributed by atoms with Crippen molar-refractivity contribution in [3.63, 3.8) is 0 Å². The molecule has 0 bridgehead atoms. The van der Waals surface area contributed by atoms with Crippen LogP contribution in [0.5, 0.6) is 11.5 Å². The number of hydrogen-bond donors (Lipinski definition) is 1. The number of ether oxygens (including phenoxy) is 2. The Morgan fingerprint density at radius 1 is 1.19 bits per heavy atom. The smallest absolute Gasteiger partial charge is 0.142 e. The van der Waals surface area contributed by atoms with Crippen LogP contribution in [0.2, 0.25) is 5.02 Å². The first-order valence-corrected chi connectivity index (χ1v) is 10.1. The summed E-state index contributed by atoms with van der Waals surface area (Å²) in [6, 6.07) is 14.5. The van der Waals surface area contributed by atoms with Crippen LogP contribution >= 0.6 is 11.6 Å². The second kappa shape index (κ2) is 8.41. The van der Waals surface area contributed by atoms with Gasteiger partial charge in [0.05, 0.1) is 18.8 Å². The summed E-state index contributed by atoms with van der Waals surface area (Å²) in [6.45, 7) is 4.02. The summed E-state index contributed by atoms with van der Waals surface area (Å²) in [5.74, 6) is 2.53. The maximum atomic E-state index is 6.38. The second-order valence-corrected chi connectivity index (χ2v) is 7.96. The van der Waals surface area contributed by atoms with Crippen molar-refractivity contribution in [3.05, 3.63) is 53.1 Å². The summed E-state index contributed by atoms with van der Waals surface area (Å²) in [4.78, 5) is 2.55. The van der Waals surface area contributed by atoms with Crippen LogP contribution in [0.15, 0.2) is 42.5 Å². The Morgan fingerprint density at radius 2 is 2.00 bits per heavy atom. The predicted octanol–water partition coefficient (Wildman–Crippen LogP) is 4.48. The van der Waals surface area contributed by atoms with Crippen molar-refractivity contribution in [1.82, 2.24) is 4.90 Å². The molecular formula is C22H27ClN2O2. The van der Waals surface area contributed by atoms with Gasteiger partial charge in [0.2, 0.25) is 0 Å². The Bertz CT molecular complexity index is 775. The van der Waals surface area contributed by atoms with Crippen molar-refractivity contribution in [2.45, 2.75) is 25.3 Å². The lowest BCUT2D eigenvalue weighted by molar-refractivity contribution is 0.160. The Hall–Kier alpha value is -1.91. The Labute approximate surface area is 166 Å². The van der Waals surface area contributed by atoms with E-state index in [4.69, 9.17) is 21.1 Å².